The van der Waals surface area contributed by atoms with Crippen LogP contribution in [0.1, 0.15) is 88.8 Å². The molecule has 0 aromatic heterocycles. The molecule has 4 aliphatic rings. The zero-order valence-electron chi connectivity index (χ0n) is 35.8. The Morgan fingerprint density at radius 2 is 1.43 bits per heavy atom. The molecular formula is C47H60N2O11. The Kier molecular flexibility index (Phi) is 14.2. The lowest BCUT2D eigenvalue weighted by molar-refractivity contribution is -0.158. The van der Waals surface area contributed by atoms with Crippen LogP contribution in [-0.2, 0) is 36.6 Å². The van der Waals surface area contributed by atoms with E-state index in [0.717, 1.165) is 67.0 Å². The van der Waals surface area contributed by atoms with Crippen molar-refractivity contribution in [2.75, 3.05) is 81.6 Å². The van der Waals surface area contributed by atoms with E-state index in [1.165, 1.54) is 18.2 Å². The maximum atomic E-state index is 15.2. The van der Waals surface area contributed by atoms with Gasteiger partial charge in [-0.25, -0.2) is 4.79 Å². The number of hydrogen-bond acceptors (Lipinski definition) is 12. The van der Waals surface area contributed by atoms with Crippen LogP contribution in [0.4, 0.5) is 0 Å². The van der Waals surface area contributed by atoms with Crippen molar-refractivity contribution in [2.45, 2.75) is 69.7 Å². The number of allylic oxidation sites excluding steroid dienone is 1. The van der Waals surface area contributed by atoms with E-state index >= 15 is 4.79 Å². The third-order valence-electron chi connectivity index (χ3n) is 12.9. The number of rotatable bonds is 16. The van der Waals surface area contributed by atoms with Crippen molar-refractivity contribution in [3.63, 3.8) is 0 Å². The molecular weight excluding hydrogens is 769 g/mol. The number of nitrogens with zero attached hydrogens (tertiary/aromatic N) is 2. The van der Waals surface area contributed by atoms with Crippen molar-refractivity contribution in [2.24, 2.45) is 11.8 Å². The average Bonchev–Trinajstić information content (AvgIpc) is 3.29. The van der Waals surface area contributed by atoms with Crippen LogP contribution in [0.15, 0.2) is 60.4 Å². The molecule has 7 rings (SSSR count). The lowest BCUT2D eigenvalue weighted by atomic mass is 9.72. The number of carbonyl (C=O) groups is 2. The molecule has 324 valence electrons. The smallest absolute Gasteiger partial charge is 0.337 e. The van der Waals surface area contributed by atoms with E-state index in [4.69, 9.17) is 43.0 Å². The maximum absolute atomic E-state index is 15.2. The van der Waals surface area contributed by atoms with Crippen molar-refractivity contribution >= 4 is 11.9 Å². The molecule has 0 saturated carbocycles. The van der Waals surface area contributed by atoms with Gasteiger partial charge in [-0.1, -0.05) is 25.5 Å². The molecule has 0 unspecified atom stereocenters. The summed E-state index contributed by atoms with van der Waals surface area (Å²) in [6, 6.07) is 15.6. The van der Waals surface area contributed by atoms with Gasteiger partial charge in [-0.3, -0.25) is 9.69 Å². The number of ether oxygens (including phenoxy) is 8. The quantitative estimate of drug-likeness (QED) is 0.126. The standard InChI is InChI=1S/C47H60N2O11/c1-7-29-28-48-14-12-32-22-40(53-2)42(55-4)26-36(32)38(48)20-34(29)21-39-37-27-43(56-5)41(54-3)23-33(37)13-15-49(39)46(51)44-24-35(25-45(60-44)59-19-18-58-17-16-50)30-8-10-31(11-9-30)47(52)57-6/h8-11,22-24,26-27,29,34-35,38-39,45,50H,7,12-21,25,28H2,1-6H3/t29-,34+,35-,38-,39+,45+/m0/s1. The van der Waals surface area contributed by atoms with Crippen molar-refractivity contribution in [3.05, 3.63) is 93.7 Å². The van der Waals surface area contributed by atoms with Gasteiger partial charge < -0.3 is 47.9 Å². The fourth-order valence-corrected chi connectivity index (χ4v) is 9.74. The zero-order valence-corrected chi connectivity index (χ0v) is 35.8. The van der Waals surface area contributed by atoms with Gasteiger partial charge >= 0.3 is 5.97 Å². The molecule has 1 fully saturated rings. The number of piperidine rings is 1. The first-order chi connectivity index (χ1) is 29.2. The molecule has 0 aliphatic carbocycles. The molecule has 3 aromatic rings. The van der Waals surface area contributed by atoms with Crippen molar-refractivity contribution in [3.8, 4) is 23.0 Å². The highest BCUT2D eigenvalue weighted by atomic mass is 16.7. The van der Waals surface area contributed by atoms with Crippen molar-refractivity contribution in [1.29, 1.82) is 0 Å². The SMILES string of the molecule is CC[C@H]1CN2CCc3cc(OC)c(OC)cc3[C@@H]2C[C@@H]1C[C@@H]1c2cc(OC)c(OC)cc2CCN1C(=O)C1=C[C@H](c2ccc(C(=O)OC)cc2)C[C@H](OCCOCCO)O1. The second-order valence-corrected chi connectivity index (χ2v) is 16.0. The minimum atomic E-state index is -0.729. The second kappa shape index (κ2) is 19.7. The highest BCUT2D eigenvalue weighted by Gasteiger charge is 2.43. The third-order valence-corrected chi connectivity index (χ3v) is 12.9. The van der Waals surface area contributed by atoms with Gasteiger partial charge in [-0.15, -0.1) is 0 Å². The number of fused-ring (bicyclic) bond motifs is 4. The van der Waals surface area contributed by atoms with Crippen molar-refractivity contribution in [1.82, 2.24) is 9.80 Å². The first-order valence-electron chi connectivity index (χ1n) is 21.1. The van der Waals surface area contributed by atoms with Gasteiger partial charge in [0, 0.05) is 38.0 Å². The Hall–Kier alpha value is -4.82. The van der Waals surface area contributed by atoms with Crippen LogP contribution in [0, 0.1) is 11.8 Å². The van der Waals surface area contributed by atoms with E-state index in [-0.39, 0.29) is 56.1 Å². The number of aliphatic hydroxyl groups is 1. The molecule has 13 nitrogen and oxygen atoms in total. The van der Waals surface area contributed by atoms with E-state index in [0.29, 0.717) is 48.3 Å². The fraction of sp³-hybridized carbons (Fsp3) is 0.532. The lowest BCUT2D eigenvalue weighted by Gasteiger charge is -2.49. The molecule has 13 heteroatoms. The summed E-state index contributed by atoms with van der Waals surface area (Å²) in [4.78, 5) is 32.0. The van der Waals surface area contributed by atoms with Crippen LogP contribution in [0.25, 0.3) is 0 Å². The second-order valence-electron chi connectivity index (χ2n) is 16.0. The van der Waals surface area contributed by atoms with Gasteiger partial charge in [0.15, 0.2) is 28.8 Å². The Morgan fingerprint density at radius 1 is 0.783 bits per heavy atom. The van der Waals surface area contributed by atoms with Crippen LogP contribution in [0.3, 0.4) is 0 Å². The highest BCUT2D eigenvalue weighted by Crippen LogP contribution is 2.50. The van der Waals surface area contributed by atoms with E-state index in [2.05, 4.69) is 36.1 Å². The van der Waals surface area contributed by atoms with Crippen LogP contribution in [0.5, 0.6) is 23.0 Å². The summed E-state index contributed by atoms with van der Waals surface area (Å²) >= 11 is 0. The van der Waals surface area contributed by atoms with Crippen LogP contribution in [-0.4, -0.2) is 115 Å². The summed E-state index contributed by atoms with van der Waals surface area (Å²) in [6.07, 6.45) is 5.94. The number of amides is 1. The Bertz CT molecular complexity index is 2000. The third kappa shape index (κ3) is 9.09. The molecule has 60 heavy (non-hydrogen) atoms. The summed E-state index contributed by atoms with van der Waals surface area (Å²) in [5, 5.41) is 9.17. The monoisotopic (exact) mass is 828 g/mol. The van der Waals surface area contributed by atoms with E-state index in [1.54, 1.807) is 40.6 Å². The number of carbonyl (C=O) groups excluding carboxylic acids is 2. The molecule has 6 atom stereocenters. The first-order valence-corrected chi connectivity index (χ1v) is 21.1. The Balaban J connectivity index is 1.23. The number of benzene rings is 3. The topological polar surface area (TPSA) is 135 Å². The summed E-state index contributed by atoms with van der Waals surface area (Å²) in [5.41, 5.74) is 6.14. The average molecular weight is 829 g/mol. The normalized spacial score (nSPS) is 23.6. The summed E-state index contributed by atoms with van der Waals surface area (Å²) < 4.78 is 46.0. The van der Waals surface area contributed by atoms with Crippen LogP contribution >= 0.6 is 0 Å². The van der Waals surface area contributed by atoms with Gasteiger partial charge in [0.25, 0.3) is 5.91 Å². The number of esters is 1. The molecule has 0 bridgehead atoms. The van der Waals surface area contributed by atoms with E-state index in [9.17, 15) is 4.79 Å². The van der Waals surface area contributed by atoms with Crippen molar-refractivity contribution < 1.29 is 52.6 Å². The molecule has 0 radical (unpaired) electrons. The molecule has 3 aromatic carbocycles. The van der Waals surface area contributed by atoms with Crippen LogP contribution < -0.4 is 18.9 Å². The zero-order chi connectivity index (χ0) is 42.3. The van der Waals surface area contributed by atoms with Gasteiger partial charge in [0.1, 0.15) is 0 Å². The minimum Gasteiger partial charge on any atom is -0.493 e. The van der Waals surface area contributed by atoms with Crippen LogP contribution in [0.2, 0.25) is 0 Å². The maximum Gasteiger partial charge on any atom is 0.337 e. The number of hydrogen-bond donors (Lipinski definition) is 1. The molecule has 1 saturated heterocycles. The summed E-state index contributed by atoms with van der Waals surface area (Å²) in [5.74, 6) is 2.88. The molecule has 1 amide bonds. The first kappa shape index (κ1) is 43.3. The predicted molar refractivity (Wildman–Crippen MR) is 224 cm³/mol. The molecule has 4 aliphatic heterocycles. The Labute approximate surface area is 353 Å². The van der Waals surface area contributed by atoms with Gasteiger partial charge in [-0.05, 0) is 108 Å². The molecule has 0 spiro atoms. The number of aliphatic hydroxyl groups excluding tert-OH is 1. The fourth-order valence-electron chi connectivity index (χ4n) is 9.74. The van der Waals surface area contributed by atoms with E-state index in [1.807, 2.05) is 23.1 Å². The highest BCUT2D eigenvalue weighted by molar-refractivity contribution is 5.92. The minimum absolute atomic E-state index is 0.0835. The largest absolute Gasteiger partial charge is 0.493 e. The molecule has 4 heterocycles. The summed E-state index contributed by atoms with van der Waals surface area (Å²) in [6.45, 7) is 5.35. The predicted octanol–water partition coefficient (Wildman–Crippen LogP) is 6.41. The number of methoxy groups -OCH3 is 5. The lowest BCUT2D eigenvalue weighted by Crippen LogP contribution is -2.48. The van der Waals surface area contributed by atoms with E-state index < -0.39 is 12.3 Å². The van der Waals surface area contributed by atoms with Gasteiger partial charge in [-0.2, -0.15) is 0 Å². The van der Waals surface area contributed by atoms with Gasteiger partial charge in [0.2, 0.25) is 6.29 Å². The summed E-state index contributed by atoms with van der Waals surface area (Å²) in [7, 11) is 8.02. The molecule has 1 N–H and O–H groups in total. The van der Waals surface area contributed by atoms with Gasteiger partial charge in [0.05, 0.1) is 73.6 Å². The Morgan fingerprint density at radius 3 is 2.08 bits per heavy atom.